The number of nitro groups is 1. The Morgan fingerprint density at radius 1 is 1.23 bits per heavy atom. The lowest BCUT2D eigenvalue weighted by Gasteiger charge is -2.16. The highest BCUT2D eigenvalue weighted by Gasteiger charge is 2.22. The van der Waals surface area contributed by atoms with Gasteiger partial charge in [-0.3, -0.25) is 19.7 Å². The molecule has 132 valence electrons. The zero-order valence-corrected chi connectivity index (χ0v) is 13.8. The van der Waals surface area contributed by atoms with E-state index < -0.39 is 16.4 Å². The average Bonchev–Trinajstić information content (AvgIpc) is 3.06. The van der Waals surface area contributed by atoms with Gasteiger partial charge in [0.1, 0.15) is 0 Å². The molecule has 0 spiro atoms. The highest BCUT2D eigenvalue weighted by molar-refractivity contribution is 6.08. The number of carbonyl (C=O) groups excluding carboxylic acids is 2. The fourth-order valence-electron chi connectivity index (χ4n) is 2.81. The topological polar surface area (TPSA) is 101 Å². The van der Waals surface area contributed by atoms with E-state index in [0.29, 0.717) is 29.8 Å². The lowest BCUT2D eigenvalue weighted by molar-refractivity contribution is -0.385. The fraction of sp³-hybridized carbons (Fsp3) is 0.158. The van der Waals surface area contributed by atoms with Crippen LogP contribution in [0.15, 0.2) is 48.5 Å². The first-order valence-electron chi connectivity index (χ1n) is 8.06. The number of benzene rings is 2. The van der Waals surface area contributed by atoms with Crippen molar-refractivity contribution in [2.24, 2.45) is 0 Å². The molecule has 7 heteroatoms. The van der Waals surface area contributed by atoms with Crippen molar-refractivity contribution < 1.29 is 19.6 Å². The van der Waals surface area contributed by atoms with E-state index >= 15 is 0 Å². The highest BCUT2D eigenvalue weighted by atomic mass is 16.6. The van der Waals surface area contributed by atoms with Crippen LogP contribution in [0.2, 0.25) is 0 Å². The van der Waals surface area contributed by atoms with Crippen LogP contribution in [-0.4, -0.2) is 28.3 Å². The summed E-state index contributed by atoms with van der Waals surface area (Å²) in [5, 5.41) is 20.3. The molecule has 1 amide bonds. The Labute approximate surface area is 149 Å². The Balaban J connectivity index is 1.80. The van der Waals surface area contributed by atoms with Gasteiger partial charge in [-0.25, -0.2) is 0 Å². The van der Waals surface area contributed by atoms with Crippen molar-refractivity contribution in [1.82, 2.24) is 0 Å². The normalized spacial score (nSPS) is 14.2. The van der Waals surface area contributed by atoms with Crippen LogP contribution in [0.1, 0.15) is 28.8 Å². The number of aromatic hydroxyl groups is 1. The van der Waals surface area contributed by atoms with Crippen LogP contribution in [0.4, 0.5) is 11.4 Å². The van der Waals surface area contributed by atoms with Crippen molar-refractivity contribution in [3.8, 4) is 5.75 Å². The Morgan fingerprint density at radius 2 is 2.04 bits per heavy atom. The van der Waals surface area contributed by atoms with Gasteiger partial charge in [0, 0.05) is 30.3 Å². The number of hydrogen-bond donors (Lipinski definition) is 1. The maximum atomic E-state index is 12.4. The number of rotatable bonds is 5. The molecule has 0 unspecified atom stereocenters. The van der Waals surface area contributed by atoms with Crippen molar-refractivity contribution >= 4 is 29.1 Å². The van der Waals surface area contributed by atoms with Gasteiger partial charge >= 0.3 is 5.69 Å². The van der Waals surface area contributed by atoms with Crippen LogP contribution < -0.4 is 4.90 Å². The number of allylic oxidation sites excluding steroid dienone is 1. The van der Waals surface area contributed by atoms with E-state index in [2.05, 4.69) is 0 Å². The van der Waals surface area contributed by atoms with E-state index in [4.69, 9.17) is 0 Å². The van der Waals surface area contributed by atoms with Crippen molar-refractivity contribution in [3.05, 3.63) is 69.8 Å². The van der Waals surface area contributed by atoms with Crippen molar-refractivity contribution in [2.75, 3.05) is 11.4 Å². The summed E-state index contributed by atoms with van der Waals surface area (Å²) in [7, 11) is 0. The van der Waals surface area contributed by atoms with Gasteiger partial charge < -0.3 is 10.0 Å². The molecular weight excluding hydrogens is 336 g/mol. The molecule has 0 radical (unpaired) electrons. The molecular formula is C19H16N2O5. The Bertz CT molecular complexity index is 920. The molecule has 1 fully saturated rings. The van der Waals surface area contributed by atoms with Gasteiger partial charge in [0.15, 0.2) is 11.5 Å². The van der Waals surface area contributed by atoms with E-state index in [-0.39, 0.29) is 11.7 Å². The van der Waals surface area contributed by atoms with E-state index in [0.717, 1.165) is 6.42 Å². The third-order valence-electron chi connectivity index (χ3n) is 4.14. The minimum Gasteiger partial charge on any atom is -0.502 e. The molecule has 26 heavy (non-hydrogen) atoms. The second kappa shape index (κ2) is 7.18. The largest absolute Gasteiger partial charge is 0.502 e. The predicted molar refractivity (Wildman–Crippen MR) is 96.2 cm³/mol. The highest BCUT2D eigenvalue weighted by Crippen LogP contribution is 2.27. The number of carbonyl (C=O) groups is 2. The summed E-state index contributed by atoms with van der Waals surface area (Å²) in [6.07, 6.45) is 4.07. The van der Waals surface area contributed by atoms with Crippen molar-refractivity contribution in [3.63, 3.8) is 0 Å². The number of phenolic OH excluding ortho intramolecular Hbond substituents is 1. The number of ketones is 1. The number of phenols is 1. The summed E-state index contributed by atoms with van der Waals surface area (Å²) in [5.41, 5.74) is 1.11. The summed E-state index contributed by atoms with van der Waals surface area (Å²) in [6.45, 7) is 0.642. The predicted octanol–water partition coefficient (Wildman–Crippen LogP) is 3.32. The minimum atomic E-state index is -0.689. The molecule has 1 heterocycles. The Morgan fingerprint density at radius 3 is 2.73 bits per heavy atom. The summed E-state index contributed by atoms with van der Waals surface area (Å²) in [5.74, 6) is -0.669. The number of amides is 1. The van der Waals surface area contributed by atoms with Gasteiger partial charge in [-0.15, -0.1) is 0 Å². The molecule has 1 aliphatic rings. The van der Waals surface area contributed by atoms with E-state index in [1.165, 1.54) is 30.4 Å². The van der Waals surface area contributed by atoms with Crippen LogP contribution >= 0.6 is 0 Å². The summed E-state index contributed by atoms with van der Waals surface area (Å²) in [6, 6.07) is 10.7. The smallest absolute Gasteiger partial charge is 0.311 e. The first-order chi connectivity index (χ1) is 12.5. The number of hydrogen-bond acceptors (Lipinski definition) is 5. The third kappa shape index (κ3) is 3.61. The zero-order valence-electron chi connectivity index (χ0n) is 13.8. The molecule has 0 saturated carbocycles. The van der Waals surface area contributed by atoms with Gasteiger partial charge in [-0.1, -0.05) is 24.3 Å². The monoisotopic (exact) mass is 352 g/mol. The summed E-state index contributed by atoms with van der Waals surface area (Å²) < 4.78 is 0. The SMILES string of the molecule is O=C(/C=C/c1ccc(O)c([N+](=O)[O-])c1)c1cccc(N2CCCC2=O)c1. The summed E-state index contributed by atoms with van der Waals surface area (Å²) in [4.78, 5) is 36.0. The second-order valence-corrected chi connectivity index (χ2v) is 5.90. The molecule has 0 atom stereocenters. The number of nitro benzene ring substituents is 1. The molecule has 1 N–H and O–H groups in total. The first-order valence-corrected chi connectivity index (χ1v) is 8.06. The zero-order chi connectivity index (χ0) is 18.7. The molecule has 7 nitrogen and oxygen atoms in total. The van der Waals surface area contributed by atoms with E-state index in [1.807, 2.05) is 0 Å². The molecule has 2 aromatic rings. The molecule has 0 aromatic heterocycles. The van der Waals surface area contributed by atoms with E-state index in [1.54, 1.807) is 29.2 Å². The van der Waals surface area contributed by atoms with Gasteiger partial charge in [0.2, 0.25) is 5.91 Å². The summed E-state index contributed by atoms with van der Waals surface area (Å²) >= 11 is 0. The molecule has 2 aromatic carbocycles. The molecule has 0 bridgehead atoms. The number of anilines is 1. The van der Waals surface area contributed by atoms with Crippen LogP contribution in [0.25, 0.3) is 6.08 Å². The maximum Gasteiger partial charge on any atom is 0.311 e. The quantitative estimate of drug-likeness (QED) is 0.385. The van der Waals surface area contributed by atoms with Gasteiger partial charge in [0.05, 0.1) is 4.92 Å². The van der Waals surface area contributed by atoms with Crippen LogP contribution in [0.5, 0.6) is 5.75 Å². The maximum absolute atomic E-state index is 12.4. The average molecular weight is 352 g/mol. The van der Waals surface area contributed by atoms with Crippen molar-refractivity contribution in [1.29, 1.82) is 0 Å². The molecule has 0 aliphatic carbocycles. The Hall–Kier alpha value is -3.48. The van der Waals surface area contributed by atoms with Gasteiger partial charge in [-0.05, 0) is 36.3 Å². The van der Waals surface area contributed by atoms with Gasteiger partial charge in [-0.2, -0.15) is 0 Å². The van der Waals surface area contributed by atoms with Crippen LogP contribution in [0.3, 0.4) is 0 Å². The lowest BCUT2D eigenvalue weighted by Crippen LogP contribution is -2.23. The lowest BCUT2D eigenvalue weighted by atomic mass is 10.1. The Kier molecular flexibility index (Phi) is 4.79. The first kappa shape index (κ1) is 17.3. The van der Waals surface area contributed by atoms with Crippen LogP contribution in [0, 0.1) is 10.1 Å². The third-order valence-corrected chi connectivity index (χ3v) is 4.14. The number of nitrogens with zero attached hydrogens (tertiary/aromatic N) is 2. The van der Waals surface area contributed by atoms with E-state index in [9.17, 15) is 24.8 Å². The second-order valence-electron chi connectivity index (χ2n) is 5.90. The molecule has 1 aliphatic heterocycles. The van der Waals surface area contributed by atoms with Gasteiger partial charge in [0.25, 0.3) is 0 Å². The van der Waals surface area contributed by atoms with Crippen molar-refractivity contribution in [2.45, 2.75) is 12.8 Å². The molecule has 3 rings (SSSR count). The molecule has 1 saturated heterocycles. The minimum absolute atomic E-state index is 0.0431. The standard InChI is InChI=1S/C19H16N2O5/c22-17(8-6-13-7-9-18(23)16(11-13)21(25)26)14-3-1-4-15(12-14)20-10-2-5-19(20)24/h1,3-4,6-9,11-12,23H,2,5,10H2/b8-6+. The van der Waals surface area contributed by atoms with Crippen LogP contribution in [-0.2, 0) is 4.79 Å². The fourth-order valence-corrected chi connectivity index (χ4v) is 2.81.